The van der Waals surface area contributed by atoms with Crippen molar-refractivity contribution in [2.45, 2.75) is 0 Å². The molecule has 0 aliphatic carbocycles. The minimum Gasteiger partial charge on any atom is -0.483 e. The normalized spacial score (nSPS) is 10.3. The first-order valence-corrected chi connectivity index (χ1v) is 7.34. The van der Waals surface area contributed by atoms with Crippen LogP contribution in [0.15, 0.2) is 40.9 Å². The van der Waals surface area contributed by atoms with Crippen molar-refractivity contribution in [3.05, 3.63) is 56.7 Å². The van der Waals surface area contributed by atoms with Crippen LogP contribution >= 0.6 is 39.1 Å². The molecule has 0 heterocycles. The molecule has 0 atom stereocenters. The van der Waals surface area contributed by atoms with E-state index in [9.17, 15) is 9.18 Å². The van der Waals surface area contributed by atoms with E-state index in [0.29, 0.717) is 26.0 Å². The predicted molar refractivity (Wildman–Crippen MR) is 84.7 cm³/mol. The molecule has 0 aliphatic heterocycles. The van der Waals surface area contributed by atoms with Gasteiger partial charge in [-0.3, -0.25) is 4.79 Å². The number of halogens is 4. The van der Waals surface area contributed by atoms with Gasteiger partial charge in [-0.2, -0.15) is 0 Å². The average molecular weight is 393 g/mol. The van der Waals surface area contributed by atoms with E-state index in [0.717, 1.165) is 0 Å². The molecule has 0 unspecified atom stereocenters. The van der Waals surface area contributed by atoms with Crippen molar-refractivity contribution >= 4 is 50.7 Å². The number of nitrogens with one attached hydrogen (secondary N) is 1. The number of carbonyl (C=O) groups is 1. The van der Waals surface area contributed by atoms with Gasteiger partial charge in [0, 0.05) is 0 Å². The van der Waals surface area contributed by atoms with Crippen LogP contribution in [0.25, 0.3) is 0 Å². The van der Waals surface area contributed by atoms with E-state index in [2.05, 4.69) is 21.2 Å². The van der Waals surface area contributed by atoms with Crippen LogP contribution in [0, 0.1) is 5.82 Å². The van der Waals surface area contributed by atoms with E-state index < -0.39 is 11.7 Å². The molecule has 0 saturated carbocycles. The zero-order valence-electron chi connectivity index (χ0n) is 10.5. The summed E-state index contributed by atoms with van der Waals surface area (Å²) in [7, 11) is 0. The van der Waals surface area contributed by atoms with Crippen LogP contribution in [0.1, 0.15) is 0 Å². The maximum atomic E-state index is 12.9. The number of hydrogen-bond acceptors (Lipinski definition) is 2. The Balaban J connectivity index is 1.99. The van der Waals surface area contributed by atoms with Gasteiger partial charge >= 0.3 is 0 Å². The topological polar surface area (TPSA) is 38.3 Å². The Labute approximate surface area is 139 Å². The smallest absolute Gasteiger partial charge is 0.262 e. The summed E-state index contributed by atoms with van der Waals surface area (Å²) < 4.78 is 18.6. The van der Waals surface area contributed by atoms with E-state index >= 15 is 0 Å². The molecule has 0 bridgehead atoms. The number of benzene rings is 2. The van der Waals surface area contributed by atoms with Gasteiger partial charge in [0.25, 0.3) is 5.91 Å². The molecule has 1 amide bonds. The van der Waals surface area contributed by atoms with E-state index in [-0.39, 0.29) is 6.61 Å². The third-order valence-corrected chi connectivity index (χ3v) is 3.73. The van der Waals surface area contributed by atoms with Gasteiger partial charge < -0.3 is 10.1 Å². The van der Waals surface area contributed by atoms with Gasteiger partial charge in [0.05, 0.1) is 20.2 Å². The zero-order chi connectivity index (χ0) is 15.4. The Morgan fingerprint density at radius 2 is 1.90 bits per heavy atom. The molecular formula is C14H9BrCl2FNO2. The summed E-state index contributed by atoms with van der Waals surface area (Å²) >= 11 is 15.0. The van der Waals surface area contributed by atoms with Gasteiger partial charge in [-0.1, -0.05) is 29.3 Å². The highest BCUT2D eigenvalue weighted by Crippen LogP contribution is 2.30. The third kappa shape index (κ3) is 4.33. The second-order valence-electron chi connectivity index (χ2n) is 4.01. The Morgan fingerprint density at radius 1 is 1.24 bits per heavy atom. The van der Waals surface area contributed by atoms with Crippen molar-refractivity contribution in [3.63, 3.8) is 0 Å². The lowest BCUT2D eigenvalue weighted by atomic mass is 10.3. The van der Waals surface area contributed by atoms with Crippen molar-refractivity contribution < 1.29 is 13.9 Å². The van der Waals surface area contributed by atoms with Gasteiger partial charge in [-0.25, -0.2) is 4.39 Å². The number of carbonyl (C=O) groups excluding carboxylic acids is 1. The van der Waals surface area contributed by atoms with Crippen molar-refractivity contribution in [1.29, 1.82) is 0 Å². The Hall–Kier alpha value is -1.30. The van der Waals surface area contributed by atoms with Crippen molar-refractivity contribution in [2.75, 3.05) is 11.9 Å². The van der Waals surface area contributed by atoms with E-state index in [1.165, 1.54) is 18.2 Å². The molecule has 1 N–H and O–H groups in total. The molecule has 21 heavy (non-hydrogen) atoms. The first-order chi connectivity index (χ1) is 9.97. The number of ether oxygens (including phenoxy) is 1. The first-order valence-electron chi connectivity index (χ1n) is 5.79. The Morgan fingerprint density at radius 3 is 2.52 bits per heavy atom. The van der Waals surface area contributed by atoms with Gasteiger partial charge in [0.15, 0.2) is 6.61 Å². The highest BCUT2D eigenvalue weighted by Gasteiger charge is 2.11. The molecule has 0 saturated heterocycles. The monoisotopic (exact) mass is 391 g/mol. The SMILES string of the molecule is O=C(COc1ccc(F)cc1Br)Nc1c(Cl)cccc1Cl. The molecule has 2 aromatic carbocycles. The molecule has 3 nitrogen and oxygen atoms in total. The summed E-state index contributed by atoms with van der Waals surface area (Å²) in [5.41, 5.74) is 0.326. The molecule has 0 spiro atoms. The molecule has 110 valence electrons. The highest BCUT2D eigenvalue weighted by molar-refractivity contribution is 9.10. The van der Waals surface area contributed by atoms with Crippen molar-refractivity contribution in [3.8, 4) is 5.75 Å². The second-order valence-corrected chi connectivity index (χ2v) is 5.68. The minimum atomic E-state index is -0.429. The third-order valence-electron chi connectivity index (χ3n) is 2.48. The first kappa shape index (κ1) is 16.1. The molecule has 2 aromatic rings. The Kier molecular flexibility index (Phi) is 5.45. The van der Waals surface area contributed by atoms with E-state index in [4.69, 9.17) is 27.9 Å². The lowest BCUT2D eigenvalue weighted by Crippen LogP contribution is -2.20. The number of anilines is 1. The molecule has 0 fully saturated rings. The number of rotatable bonds is 4. The van der Waals surface area contributed by atoms with Crippen molar-refractivity contribution in [2.24, 2.45) is 0 Å². The molecule has 7 heteroatoms. The highest BCUT2D eigenvalue weighted by atomic mass is 79.9. The number of hydrogen-bond donors (Lipinski definition) is 1. The minimum absolute atomic E-state index is 0.258. The van der Waals surface area contributed by atoms with Crippen LogP contribution in [-0.2, 0) is 4.79 Å². The maximum absolute atomic E-state index is 12.9. The van der Waals surface area contributed by atoms with Crippen LogP contribution in [0.4, 0.5) is 10.1 Å². The summed E-state index contributed by atoms with van der Waals surface area (Å²) in [5, 5.41) is 3.23. The second kappa shape index (κ2) is 7.11. The average Bonchev–Trinajstić information content (AvgIpc) is 2.42. The number of para-hydroxylation sites is 1. The molecule has 0 aliphatic rings. The van der Waals surface area contributed by atoms with Crippen LogP contribution in [0.2, 0.25) is 10.0 Å². The fourth-order valence-electron chi connectivity index (χ4n) is 1.53. The van der Waals surface area contributed by atoms with Crippen LogP contribution in [0.5, 0.6) is 5.75 Å². The summed E-state index contributed by atoms with van der Waals surface area (Å²) in [6.45, 7) is -0.258. The summed E-state index contributed by atoms with van der Waals surface area (Å²) in [6, 6.07) is 8.81. The molecule has 0 radical (unpaired) electrons. The standard InChI is InChI=1S/C14H9BrCl2FNO2/c15-9-6-8(18)4-5-12(9)21-7-13(20)19-14-10(16)2-1-3-11(14)17/h1-6H,7H2,(H,19,20). The van der Waals surface area contributed by atoms with E-state index in [1.54, 1.807) is 18.2 Å². The predicted octanol–water partition coefficient (Wildman–Crippen LogP) is 4.91. The van der Waals surface area contributed by atoms with E-state index in [1.807, 2.05) is 0 Å². The van der Waals surface area contributed by atoms with Crippen LogP contribution < -0.4 is 10.1 Å². The lowest BCUT2D eigenvalue weighted by molar-refractivity contribution is -0.118. The van der Waals surface area contributed by atoms with Gasteiger partial charge in [-0.05, 0) is 46.3 Å². The van der Waals surface area contributed by atoms with Gasteiger partial charge in [0.1, 0.15) is 11.6 Å². The largest absolute Gasteiger partial charge is 0.483 e. The van der Waals surface area contributed by atoms with Crippen molar-refractivity contribution in [1.82, 2.24) is 0 Å². The zero-order valence-corrected chi connectivity index (χ0v) is 13.6. The molecular weight excluding hydrogens is 384 g/mol. The molecule has 0 aromatic heterocycles. The fraction of sp³-hybridized carbons (Fsp3) is 0.0714. The summed E-state index contributed by atoms with van der Waals surface area (Å²) in [5.74, 6) is -0.473. The lowest BCUT2D eigenvalue weighted by Gasteiger charge is -2.11. The maximum Gasteiger partial charge on any atom is 0.262 e. The van der Waals surface area contributed by atoms with Gasteiger partial charge in [-0.15, -0.1) is 0 Å². The molecule has 2 rings (SSSR count). The Bertz CT molecular complexity index is 662. The summed E-state index contributed by atoms with van der Waals surface area (Å²) in [4.78, 5) is 11.8. The number of amides is 1. The van der Waals surface area contributed by atoms with Gasteiger partial charge in [0.2, 0.25) is 0 Å². The van der Waals surface area contributed by atoms with Crippen LogP contribution in [0.3, 0.4) is 0 Å². The quantitative estimate of drug-likeness (QED) is 0.802. The summed E-state index contributed by atoms with van der Waals surface area (Å²) in [6.07, 6.45) is 0. The van der Waals surface area contributed by atoms with Crippen LogP contribution in [-0.4, -0.2) is 12.5 Å². The fourth-order valence-corrected chi connectivity index (χ4v) is 2.49.